The minimum Gasteiger partial charge on any atom is -0.492 e. The van der Waals surface area contributed by atoms with Gasteiger partial charge in [-0.15, -0.1) is 0 Å². The van der Waals surface area contributed by atoms with Gasteiger partial charge in [0.25, 0.3) is 0 Å². The molecule has 4 bridgehead atoms. The van der Waals surface area contributed by atoms with Gasteiger partial charge in [-0.1, -0.05) is 12.1 Å². The Kier molecular flexibility index (Phi) is 4.46. The Labute approximate surface area is 173 Å². The van der Waals surface area contributed by atoms with Crippen molar-refractivity contribution in [2.75, 3.05) is 13.2 Å². The predicted molar refractivity (Wildman–Crippen MR) is 108 cm³/mol. The van der Waals surface area contributed by atoms with Crippen molar-refractivity contribution in [1.29, 1.82) is 0 Å². The molecule has 5 nitrogen and oxygen atoms in total. The van der Waals surface area contributed by atoms with Crippen molar-refractivity contribution in [1.82, 2.24) is 0 Å². The van der Waals surface area contributed by atoms with Gasteiger partial charge in [-0.3, -0.25) is 0 Å². The van der Waals surface area contributed by atoms with Crippen LogP contribution in [-0.4, -0.2) is 24.7 Å². The molecule has 158 valence electrons. The monoisotopic (exact) mass is 399 g/mol. The molecule has 1 aromatic rings. The molecule has 0 radical (unpaired) electrons. The van der Waals surface area contributed by atoms with E-state index in [9.17, 15) is 0 Å². The van der Waals surface area contributed by atoms with Crippen molar-refractivity contribution in [3.05, 3.63) is 29.8 Å². The van der Waals surface area contributed by atoms with Crippen LogP contribution in [0.2, 0.25) is 0 Å². The normalized spacial score (nSPS) is 45.3. The van der Waals surface area contributed by atoms with Crippen molar-refractivity contribution in [2.45, 2.75) is 75.3 Å². The number of benzene rings is 1. The zero-order valence-electron chi connectivity index (χ0n) is 17.2. The van der Waals surface area contributed by atoms with Gasteiger partial charge in [0.1, 0.15) is 12.4 Å². The first-order valence-electron chi connectivity index (χ1n) is 11.7. The molecule has 29 heavy (non-hydrogen) atoms. The Hall–Kier alpha value is -1.14. The fraction of sp³-hybridized carbons (Fsp3) is 0.750. The summed E-state index contributed by atoms with van der Waals surface area (Å²) in [7, 11) is 0. The van der Waals surface area contributed by atoms with Crippen LogP contribution in [0.15, 0.2) is 24.3 Å². The van der Waals surface area contributed by atoms with Gasteiger partial charge >= 0.3 is 0 Å². The van der Waals surface area contributed by atoms with E-state index in [-0.39, 0.29) is 0 Å². The molecule has 5 aliphatic carbocycles. The predicted octanol–water partition coefficient (Wildman–Crippen LogP) is 4.51. The van der Waals surface area contributed by atoms with Crippen LogP contribution in [-0.2, 0) is 14.5 Å². The minimum absolute atomic E-state index is 0.442. The van der Waals surface area contributed by atoms with Crippen LogP contribution in [0.25, 0.3) is 0 Å². The third-order valence-corrected chi connectivity index (χ3v) is 8.43. The molecule has 0 amide bonds. The first-order chi connectivity index (χ1) is 14.2. The van der Waals surface area contributed by atoms with Gasteiger partial charge in [0, 0.05) is 31.2 Å². The van der Waals surface area contributed by atoms with Crippen LogP contribution in [0.5, 0.6) is 5.75 Å². The number of ether oxygens (including phenoxy) is 2. The van der Waals surface area contributed by atoms with Gasteiger partial charge in [-0.05, 0) is 80.4 Å². The summed E-state index contributed by atoms with van der Waals surface area (Å²) in [6.45, 7) is 1.10. The molecule has 0 atom stereocenters. The number of nitrogens with two attached hydrogens (primary N) is 1. The molecule has 5 saturated carbocycles. The zero-order valence-corrected chi connectivity index (χ0v) is 17.2. The number of hydrogen-bond donors (Lipinski definition) is 1. The molecule has 1 saturated heterocycles. The molecule has 0 aromatic heterocycles. The molecular formula is C24H33NO4. The Bertz CT molecular complexity index is 712. The van der Waals surface area contributed by atoms with Crippen molar-refractivity contribution in [3.63, 3.8) is 0 Å². The summed E-state index contributed by atoms with van der Waals surface area (Å²) in [6, 6.07) is 8.51. The molecule has 0 unspecified atom stereocenters. The molecule has 6 fully saturated rings. The smallest absolute Gasteiger partial charge is 0.210 e. The molecule has 1 aromatic carbocycles. The average molecular weight is 400 g/mol. The first kappa shape index (κ1) is 18.6. The van der Waals surface area contributed by atoms with E-state index in [0.717, 1.165) is 43.3 Å². The summed E-state index contributed by atoms with van der Waals surface area (Å²) < 4.78 is 12.4. The highest BCUT2D eigenvalue weighted by Gasteiger charge is 2.66. The maximum absolute atomic E-state index is 6.83. The number of rotatable bonds is 4. The van der Waals surface area contributed by atoms with E-state index in [1.807, 2.05) is 0 Å². The van der Waals surface area contributed by atoms with E-state index in [2.05, 4.69) is 24.3 Å². The van der Waals surface area contributed by atoms with Crippen molar-refractivity contribution in [3.8, 4) is 5.75 Å². The lowest BCUT2D eigenvalue weighted by atomic mass is 9.53. The topological polar surface area (TPSA) is 62.9 Å². The van der Waals surface area contributed by atoms with E-state index < -0.39 is 11.6 Å². The maximum atomic E-state index is 6.83. The van der Waals surface area contributed by atoms with Crippen LogP contribution in [0.4, 0.5) is 0 Å². The molecular weight excluding hydrogens is 366 g/mol. The third-order valence-electron chi connectivity index (χ3n) is 8.43. The van der Waals surface area contributed by atoms with Crippen LogP contribution in [0.3, 0.4) is 0 Å². The van der Waals surface area contributed by atoms with Crippen LogP contribution >= 0.6 is 0 Å². The Morgan fingerprint density at radius 2 is 1.55 bits per heavy atom. The second-order valence-electron chi connectivity index (χ2n) is 10.2. The third kappa shape index (κ3) is 3.04. The molecule has 2 spiro atoms. The van der Waals surface area contributed by atoms with E-state index in [4.69, 9.17) is 25.0 Å². The summed E-state index contributed by atoms with van der Waals surface area (Å²) in [6.07, 6.45) is 10.5. The van der Waals surface area contributed by atoms with Gasteiger partial charge in [0.2, 0.25) is 11.6 Å². The van der Waals surface area contributed by atoms with Gasteiger partial charge in [-0.2, -0.15) is 9.78 Å². The summed E-state index contributed by atoms with van der Waals surface area (Å²) in [5.74, 6) is 3.36. The summed E-state index contributed by atoms with van der Waals surface area (Å²) >= 11 is 0. The lowest BCUT2D eigenvalue weighted by Crippen LogP contribution is -2.59. The van der Waals surface area contributed by atoms with Gasteiger partial charge in [-0.25, -0.2) is 0 Å². The Morgan fingerprint density at radius 3 is 2.17 bits per heavy atom. The first-order valence-corrected chi connectivity index (χ1v) is 11.7. The lowest BCUT2D eigenvalue weighted by Gasteiger charge is -2.57. The van der Waals surface area contributed by atoms with Crippen molar-refractivity contribution < 1.29 is 19.2 Å². The molecule has 6 aliphatic rings. The molecule has 5 heteroatoms. The minimum atomic E-state index is -0.518. The summed E-state index contributed by atoms with van der Waals surface area (Å²) in [4.78, 5) is 12.2. The second kappa shape index (κ2) is 6.94. The van der Waals surface area contributed by atoms with Gasteiger partial charge < -0.3 is 15.2 Å². The van der Waals surface area contributed by atoms with Crippen molar-refractivity contribution >= 4 is 0 Å². The second-order valence-corrected chi connectivity index (χ2v) is 10.2. The zero-order chi connectivity index (χ0) is 19.5. The molecule has 7 rings (SSSR count). The lowest BCUT2D eigenvalue weighted by molar-refractivity contribution is -0.390. The SMILES string of the molecule is NCCOc1ccc([C@H]2CC[C@]3(CC2)OO[C@]2(O3)C3CC4CC(C3)CC2C4)cc1. The fourth-order valence-corrected chi connectivity index (χ4v) is 7.20. The maximum Gasteiger partial charge on any atom is 0.210 e. The Balaban J connectivity index is 1.11. The quantitative estimate of drug-likeness (QED) is 0.755. The van der Waals surface area contributed by atoms with E-state index in [0.29, 0.717) is 30.9 Å². The van der Waals surface area contributed by atoms with Gasteiger partial charge in [0.05, 0.1) is 0 Å². The Morgan fingerprint density at radius 1 is 0.897 bits per heavy atom. The highest BCUT2D eigenvalue weighted by molar-refractivity contribution is 5.30. The van der Waals surface area contributed by atoms with Crippen LogP contribution in [0.1, 0.15) is 69.3 Å². The molecule has 2 N–H and O–H groups in total. The van der Waals surface area contributed by atoms with Crippen LogP contribution < -0.4 is 10.5 Å². The number of hydrogen-bond acceptors (Lipinski definition) is 5. The van der Waals surface area contributed by atoms with Crippen molar-refractivity contribution in [2.24, 2.45) is 29.4 Å². The summed E-state index contributed by atoms with van der Waals surface area (Å²) in [5, 5.41) is 0. The highest BCUT2D eigenvalue weighted by Crippen LogP contribution is 2.64. The average Bonchev–Trinajstić information content (AvgIpc) is 3.11. The molecule has 1 heterocycles. The standard InChI is InChI=1S/C24H33NO4/c25-9-10-26-22-3-1-18(2-4-22)19-5-7-23(8-6-19)27-24(29-28-23)20-12-16-11-17(14-20)15-21(24)13-16/h1-4,16-17,19-21H,5-15,25H2/t16?,17?,19-,20?,21?,23+,24-. The summed E-state index contributed by atoms with van der Waals surface area (Å²) in [5.41, 5.74) is 6.89. The van der Waals surface area contributed by atoms with Gasteiger partial charge in [0.15, 0.2) is 0 Å². The van der Waals surface area contributed by atoms with E-state index in [1.54, 1.807) is 0 Å². The highest BCUT2D eigenvalue weighted by atomic mass is 17.3. The van der Waals surface area contributed by atoms with E-state index >= 15 is 0 Å². The van der Waals surface area contributed by atoms with Crippen LogP contribution in [0, 0.1) is 23.7 Å². The largest absolute Gasteiger partial charge is 0.492 e. The molecule has 1 aliphatic heterocycles. The van der Waals surface area contributed by atoms with E-state index in [1.165, 1.54) is 37.7 Å². The fourth-order valence-electron chi connectivity index (χ4n) is 7.20.